The number of hydrogen-bond donors (Lipinski definition) is 2. The van der Waals surface area contributed by atoms with Gasteiger partial charge in [0.25, 0.3) is 0 Å². The lowest BCUT2D eigenvalue weighted by atomic mass is 10.1. The van der Waals surface area contributed by atoms with Crippen molar-refractivity contribution >= 4 is 11.8 Å². The molecule has 0 unspecified atom stereocenters. The van der Waals surface area contributed by atoms with Gasteiger partial charge in [-0.25, -0.2) is 0 Å². The highest BCUT2D eigenvalue weighted by atomic mass is 16.5. The fourth-order valence-corrected chi connectivity index (χ4v) is 1.43. The molecule has 0 aliphatic heterocycles. The molecule has 0 rings (SSSR count). The SMILES string of the molecule is [2H]OC[C@@H](COC(=O)CCC(=O)CC)NC(C)(C)C. The topological polar surface area (TPSA) is 75.6 Å². The fourth-order valence-electron chi connectivity index (χ4n) is 1.43. The smallest absolute Gasteiger partial charge is 0.306 e. The van der Waals surface area contributed by atoms with E-state index in [1.165, 1.54) is 0 Å². The van der Waals surface area contributed by atoms with Crippen LogP contribution in [0, 0.1) is 0 Å². The molecule has 0 radical (unpaired) electrons. The Morgan fingerprint density at radius 1 is 1.39 bits per heavy atom. The largest absolute Gasteiger partial charge is 0.464 e. The first kappa shape index (κ1) is 15.1. The standard InChI is InChI=1S/C13H25NO4/c1-5-11(16)6-7-12(17)18-9-10(8-15)14-13(2,3)4/h10,14-15H,5-9H2,1-4H3/t10-/m0/s1/i15D. The quantitative estimate of drug-likeness (QED) is 0.606. The lowest BCUT2D eigenvalue weighted by molar-refractivity contribution is -0.146. The summed E-state index contributed by atoms with van der Waals surface area (Å²) in [5.41, 5.74) is -0.159. The maximum absolute atomic E-state index is 11.4. The van der Waals surface area contributed by atoms with Gasteiger partial charge in [-0.1, -0.05) is 6.92 Å². The average Bonchev–Trinajstić information content (AvgIpc) is 2.31. The van der Waals surface area contributed by atoms with Crippen molar-refractivity contribution in [3.63, 3.8) is 0 Å². The van der Waals surface area contributed by atoms with E-state index in [0.29, 0.717) is 6.42 Å². The van der Waals surface area contributed by atoms with E-state index >= 15 is 0 Å². The van der Waals surface area contributed by atoms with Crippen molar-refractivity contribution < 1.29 is 19.4 Å². The lowest BCUT2D eigenvalue weighted by Crippen LogP contribution is -2.48. The number of hydrogen-bond acceptors (Lipinski definition) is 5. The van der Waals surface area contributed by atoms with Gasteiger partial charge in [-0.15, -0.1) is 0 Å². The highest BCUT2D eigenvalue weighted by Gasteiger charge is 2.18. The van der Waals surface area contributed by atoms with Gasteiger partial charge in [-0.05, 0) is 20.8 Å². The van der Waals surface area contributed by atoms with Crippen LogP contribution in [0.4, 0.5) is 0 Å². The molecule has 1 atom stereocenters. The Kier molecular flexibility index (Phi) is 6.90. The molecule has 5 heteroatoms. The fraction of sp³-hybridized carbons (Fsp3) is 0.846. The molecular weight excluding hydrogens is 234 g/mol. The third-order valence-electron chi connectivity index (χ3n) is 2.29. The molecule has 0 spiro atoms. The van der Waals surface area contributed by atoms with Gasteiger partial charge >= 0.3 is 5.97 Å². The molecule has 18 heavy (non-hydrogen) atoms. The molecule has 2 N–H and O–H groups in total. The number of nitrogens with one attached hydrogen (secondary N) is 1. The second-order valence-electron chi connectivity index (χ2n) is 5.33. The minimum absolute atomic E-state index is 0.0517. The van der Waals surface area contributed by atoms with E-state index < -0.39 is 5.97 Å². The van der Waals surface area contributed by atoms with Gasteiger partial charge in [-0.2, -0.15) is 0 Å². The first-order chi connectivity index (χ1) is 8.78. The molecule has 0 aliphatic carbocycles. The Hall–Kier alpha value is -0.940. The zero-order valence-electron chi connectivity index (χ0n) is 12.7. The molecule has 106 valence electrons. The van der Waals surface area contributed by atoms with Crippen LogP contribution in [0.2, 0.25) is 0 Å². The monoisotopic (exact) mass is 260 g/mol. The normalized spacial score (nSPS) is 13.9. The van der Waals surface area contributed by atoms with Crippen molar-refractivity contribution in [2.24, 2.45) is 0 Å². The van der Waals surface area contributed by atoms with E-state index in [1.807, 2.05) is 20.8 Å². The van der Waals surface area contributed by atoms with Gasteiger partial charge in [-0.3, -0.25) is 9.59 Å². The number of rotatable bonds is 9. The second kappa shape index (κ2) is 8.21. The van der Waals surface area contributed by atoms with Crippen molar-refractivity contribution in [3.8, 4) is 0 Å². The molecule has 0 amide bonds. The second-order valence-corrected chi connectivity index (χ2v) is 5.33. The Morgan fingerprint density at radius 3 is 2.56 bits per heavy atom. The van der Waals surface area contributed by atoms with Crippen LogP contribution >= 0.6 is 0 Å². The highest BCUT2D eigenvalue weighted by molar-refractivity contribution is 5.82. The van der Waals surface area contributed by atoms with Crippen LogP contribution in [0.15, 0.2) is 0 Å². The third kappa shape index (κ3) is 9.13. The summed E-state index contributed by atoms with van der Waals surface area (Å²) >= 11 is 0. The van der Waals surface area contributed by atoms with E-state index in [9.17, 15) is 9.59 Å². The number of aliphatic hydroxyl groups is 1. The first-order valence-electron chi connectivity index (χ1n) is 6.72. The van der Waals surface area contributed by atoms with Crippen molar-refractivity contribution in [2.45, 2.75) is 58.5 Å². The van der Waals surface area contributed by atoms with Crippen LogP contribution in [0.25, 0.3) is 0 Å². The van der Waals surface area contributed by atoms with E-state index in [1.54, 1.807) is 6.92 Å². The number of ether oxygens (including phenoxy) is 1. The van der Waals surface area contributed by atoms with Gasteiger partial charge in [0.2, 0.25) is 1.43 Å². The van der Waals surface area contributed by atoms with Crippen LogP contribution in [0.3, 0.4) is 0 Å². The van der Waals surface area contributed by atoms with E-state index in [2.05, 4.69) is 10.4 Å². The molecule has 0 saturated carbocycles. The van der Waals surface area contributed by atoms with Gasteiger partial charge in [0.15, 0.2) is 0 Å². The number of aliphatic hydroxyl groups excluding tert-OH is 1. The molecule has 5 nitrogen and oxygen atoms in total. The number of carbonyl (C=O) groups excluding carboxylic acids is 2. The molecule has 0 aromatic heterocycles. The van der Waals surface area contributed by atoms with E-state index in [-0.39, 0.29) is 43.4 Å². The molecule has 0 fully saturated rings. The number of carbonyl (C=O) groups is 2. The minimum Gasteiger partial charge on any atom is -0.464 e. The van der Waals surface area contributed by atoms with Gasteiger partial charge in [0.1, 0.15) is 12.4 Å². The summed E-state index contributed by atoms with van der Waals surface area (Å²) in [4.78, 5) is 22.5. The molecular formula is C13H25NO4. The maximum atomic E-state index is 11.4. The molecule has 0 aromatic carbocycles. The first-order valence-corrected chi connectivity index (χ1v) is 6.31. The van der Waals surface area contributed by atoms with Crippen molar-refractivity contribution in [1.82, 2.24) is 5.32 Å². The number of esters is 1. The van der Waals surface area contributed by atoms with Crippen LogP contribution < -0.4 is 5.32 Å². The van der Waals surface area contributed by atoms with Crippen molar-refractivity contribution in [1.29, 1.82) is 1.43 Å². The molecule has 0 heterocycles. The van der Waals surface area contributed by atoms with Crippen LogP contribution in [-0.4, -0.2) is 43.1 Å². The summed E-state index contributed by atoms with van der Waals surface area (Å²) in [6.45, 7) is 7.97. The summed E-state index contributed by atoms with van der Waals surface area (Å²) in [5.74, 6) is -0.344. The van der Waals surface area contributed by atoms with Crippen molar-refractivity contribution in [2.75, 3.05) is 13.2 Å². The summed E-state index contributed by atoms with van der Waals surface area (Å²) in [6.07, 6.45) is 0.770. The van der Waals surface area contributed by atoms with E-state index in [0.717, 1.165) is 0 Å². The summed E-state index contributed by atoms with van der Waals surface area (Å²) in [6, 6.07) is -0.233. The molecule has 0 aromatic rings. The maximum Gasteiger partial charge on any atom is 0.306 e. The zero-order valence-corrected chi connectivity index (χ0v) is 11.7. The predicted octanol–water partition coefficient (Wildman–Crippen LogP) is 1.04. The van der Waals surface area contributed by atoms with Crippen LogP contribution in [0.1, 0.15) is 47.0 Å². The van der Waals surface area contributed by atoms with Crippen LogP contribution in [-0.2, 0) is 14.3 Å². The highest BCUT2D eigenvalue weighted by Crippen LogP contribution is 2.03. The van der Waals surface area contributed by atoms with Crippen molar-refractivity contribution in [3.05, 3.63) is 0 Å². The Balaban J connectivity index is 4.03. The molecule has 0 bridgehead atoms. The molecule has 0 aliphatic rings. The number of ketones is 1. The van der Waals surface area contributed by atoms with Gasteiger partial charge in [0, 0.05) is 18.4 Å². The Bertz CT molecular complexity index is 289. The third-order valence-corrected chi connectivity index (χ3v) is 2.29. The Morgan fingerprint density at radius 2 is 2.06 bits per heavy atom. The van der Waals surface area contributed by atoms with Crippen LogP contribution in [0.5, 0.6) is 0 Å². The predicted molar refractivity (Wildman–Crippen MR) is 69.3 cm³/mol. The zero-order chi connectivity index (χ0) is 14.9. The van der Waals surface area contributed by atoms with Gasteiger partial charge < -0.3 is 15.2 Å². The number of Topliss-reactive ketones (excluding diaryl/α,β-unsaturated/α-hetero) is 1. The summed E-state index contributed by atoms with van der Waals surface area (Å²) < 4.78 is 11.8. The average molecular weight is 260 g/mol. The molecule has 0 saturated heterocycles. The Labute approximate surface area is 110 Å². The lowest BCUT2D eigenvalue weighted by Gasteiger charge is -2.27. The summed E-state index contributed by atoms with van der Waals surface area (Å²) in [5, 5.41) is 7.54. The summed E-state index contributed by atoms with van der Waals surface area (Å²) in [7, 11) is 0. The van der Waals surface area contributed by atoms with Gasteiger partial charge in [0.05, 0.1) is 19.1 Å². The minimum atomic E-state index is -0.396. The van der Waals surface area contributed by atoms with E-state index in [4.69, 9.17) is 6.17 Å².